The molecule has 0 spiro atoms. The van der Waals surface area contributed by atoms with Crippen molar-refractivity contribution in [3.05, 3.63) is 58.1 Å². The Bertz CT molecular complexity index is 1440. The van der Waals surface area contributed by atoms with Gasteiger partial charge in [0.1, 0.15) is 11.6 Å². The summed E-state index contributed by atoms with van der Waals surface area (Å²) < 4.78 is 15.4. The summed E-state index contributed by atoms with van der Waals surface area (Å²) in [4.78, 5) is 13.6. The first-order chi connectivity index (χ1) is 15.9. The molecule has 1 aliphatic heterocycles. The Morgan fingerprint density at radius 1 is 1.15 bits per heavy atom. The van der Waals surface area contributed by atoms with Gasteiger partial charge < -0.3 is 19.1 Å². The molecule has 0 radical (unpaired) electrons. The first-order valence-electron chi connectivity index (χ1n) is 11.0. The average Bonchev–Trinajstić information content (AvgIpc) is 3.38. The maximum Gasteiger partial charge on any atom is 0.258 e. The van der Waals surface area contributed by atoms with Gasteiger partial charge in [-0.15, -0.1) is 0 Å². The number of hydrogen-bond donors (Lipinski definition) is 1. The van der Waals surface area contributed by atoms with Gasteiger partial charge in [0.05, 0.1) is 53.7 Å². The van der Waals surface area contributed by atoms with Crippen LogP contribution in [-0.4, -0.2) is 42.9 Å². The molecule has 4 heterocycles. The van der Waals surface area contributed by atoms with Crippen LogP contribution < -0.4 is 9.47 Å². The molecule has 170 valence electrons. The summed E-state index contributed by atoms with van der Waals surface area (Å²) in [6.45, 7) is 4.38. The number of methoxy groups -OCH3 is 1. The number of aryl methyl sites for hydroxylation is 2. The summed E-state index contributed by atoms with van der Waals surface area (Å²) >= 11 is 7.00. The van der Waals surface area contributed by atoms with Crippen LogP contribution in [0.15, 0.2) is 24.5 Å². The highest BCUT2D eigenvalue weighted by atomic mass is 35.5. The zero-order chi connectivity index (χ0) is 23.1. The van der Waals surface area contributed by atoms with Crippen molar-refractivity contribution < 1.29 is 14.6 Å². The van der Waals surface area contributed by atoms with Crippen LogP contribution >= 0.6 is 11.6 Å². The molecule has 0 bridgehead atoms. The van der Waals surface area contributed by atoms with Gasteiger partial charge in [0.2, 0.25) is 5.75 Å². The lowest BCUT2D eigenvalue weighted by Gasteiger charge is -2.24. The van der Waals surface area contributed by atoms with E-state index in [4.69, 9.17) is 26.1 Å². The van der Waals surface area contributed by atoms with E-state index in [0.29, 0.717) is 57.0 Å². The fraction of sp³-hybridized carbons (Fsp3) is 0.375. The molecule has 1 unspecified atom stereocenters. The second-order valence-corrected chi connectivity index (χ2v) is 9.24. The normalized spacial score (nSPS) is 19.1. The predicted octanol–water partition coefficient (Wildman–Crippen LogP) is 3.82. The maximum atomic E-state index is 12.2. The molecule has 8 nitrogen and oxygen atoms in total. The summed E-state index contributed by atoms with van der Waals surface area (Å²) in [5.41, 5.74) is 1.94. The number of benzene rings is 1. The fourth-order valence-electron chi connectivity index (χ4n) is 4.76. The third kappa shape index (κ3) is 2.71. The number of rotatable bonds is 5. The van der Waals surface area contributed by atoms with E-state index >= 15 is 0 Å². The molecule has 1 N–H and O–H groups in total. The van der Waals surface area contributed by atoms with E-state index in [1.54, 1.807) is 19.5 Å². The Hall–Kier alpha value is -3.10. The molecular weight excluding hydrogens is 442 g/mol. The number of halogens is 1. The van der Waals surface area contributed by atoms with Gasteiger partial charge in [-0.3, -0.25) is 4.57 Å². The third-order valence-electron chi connectivity index (χ3n) is 6.86. The van der Waals surface area contributed by atoms with E-state index in [1.165, 1.54) is 0 Å². The minimum atomic E-state index is -1.45. The smallest absolute Gasteiger partial charge is 0.258 e. The number of aliphatic hydroxyl groups is 1. The molecule has 0 saturated heterocycles. The molecule has 2 aliphatic rings. The Morgan fingerprint density at radius 2 is 1.88 bits per heavy atom. The van der Waals surface area contributed by atoms with Gasteiger partial charge in [-0.25, -0.2) is 15.0 Å². The molecule has 3 aromatic heterocycles. The van der Waals surface area contributed by atoms with Crippen molar-refractivity contribution in [2.45, 2.75) is 32.3 Å². The van der Waals surface area contributed by atoms with Gasteiger partial charge >= 0.3 is 0 Å². The third-order valence-corrected chi connectivity index (χ3v) is 7.22. The lowest BCUT2D eigenvalue weighted by atomic mass is 9.88. The van der Waals surface area contributed by atoms with Gasteiger partial charge in [0.15, 0.2) is 5.60 Å². The fourth-order valence-corrected chi connectivity index (χ4v) is 5.08. The molecule has 1 atom stereocenters. The quantitative estimate of drug-likeness (QED) is 0.482. The lowest BCUT2D eigenvalue weighted by molar-refractivity contribution is 0.118. The lowest BCUT2D eigenvalue weighted by Crippen LogP contribution is -2.29. The number of fused-ring (bicyclic) bond motifs is 5. The Labute approximate surface area is 195 Å². The van der Waals surface area contributed by atoms with Crippen LogP contribution in [0.2, 0.25) is 5.02 Å². The molecule has 1 aliphatic carbocycles. The standard InChI is InChI=1S/C24H24ClN5O3/c1-12-26-9-17(29(12)3)24(31)15-7-8-16-19(21(15)30-13(2)27-10-18(24)30)20(25)22(23(28-16)32-4)33-11-14-5-6-14/h7-10,14,31H,5-6,11H2,1-4H3. The second kappa shape index (κ2) is 6.95. The predicted molar refractivity (Wildman–Crippen MR) is 123 cm³/mol. The van der Waals surface area contributed by atoms with Crippen molar-refractivity contribution in [3.8, 4) is 17.3 Å². The summed E-state index contributed by atoms with van der Waals surface area (Å²) in [7, 11) is 3.45. The minimum Gasteiger partial charge on any atom is -0.486 e. The van der Waals surface area contributed by atoms with Gasteiger partial charge in [-0.2, -0.15) is 0 Å². The van der Waals surface area contributed by atoms with Crippen molar-refractivity contribution >= 4 is 22.5 Å². The van der Waals surface area contributed by atoms with E-state index in [0.717, 1.165) is 30.2 Å². The largest absolute Gasteiger partial charge is 0.486 e. The molecule has 33 heavy (non-hydrogen) atoms. The van der Waals surface area contributed by atoms with Gasteiger partial charge in [-0.05, 0) is 38.7 Å². The van der Waals surface area contributed by atoms with E-state index in [-0.39, 0.29) is 0 Å². The minimum absolute atomic E-state index is 0.353. The molecule has 1 saturated carbocycles. The summed E-state index contributed by atoms with van der Waals surface area (Å²) in [6.07, 6.45) is 5.73. The monoisotopic (exact) mass is 465 g/mol. The molecule has 6 rings (SSSR count). The number of ether oxygens (including phenoxy) is 2. The van der Waals surface area contributed by atoms with Gasteiger partial charge in [0, 0.05) is 18.0 Å². The summed E-state index contributed by atoms with van der Waals surface area (Å²) in [6, 6.07) is 3.75. The van der Waals surface area contributed by atoms with E-state index in [1.807, 2.05) is 42.2 Å². The van der Waals surface area contributed by atoms with Crippen LogP contribution in [0.5, 0.6) is 11.6 Å². The Kier molecular flexibility index (Phi) is 4.32. The highest BCUT2D eigenvalue weighted by Crippen LogP contribution is 2.51. The Morgan fingerprint density at radius 3 is 2.55 bits per heavy atom. The summed E-state index contributed by atoms with van der Waals surface area (Å²) in [5.74, 6) is 2.87. The first-order valence-corrected chi connectivity index (χ1v) is 11.3. The van der Waals surface area contributed by atoms with Crippen LogP contribution in [0.3, 0.4) is 0 Å². The summed E-state index contributed by atoms with van der Waals surface area (Å²) in [5, 5.41) is 13.3. The number of aromatic nitrogens is 5. The van der Waals surface area contributed by atoms with Crippen LogP contribution in [0.1, 0.15) is 41.4 Å². The highest BCUT2D eigenvalue weighted by molar-refractivity contribution is 6.38. The van der Waals surface area contributed by atoms with E-state index < -0.39 is 5.60 Å². The van der Waals surface area contributed by atoms with Crippen LogP contribution in [0, 0.1) is 19.8 Å². The van der Waals surface area contributed by atoms with Crippen molar-refractivity contribution in [3.63, 3.8) is 0 Å². The molecule has 0 amide bonds. The molecule has 1 aromatic carbocycles. The first kappa shape index (κ1) is 20.5. The van der Waals surface area contributed by atoms with Gasteiger partial charge in [0.25, 0.3) is 5.88 Å². The molecule has 4 aromatic rings. The van der Waals surface area contributed by atoms with Crippen molar-refractivity contribution in [1.82, 2.24) is 24.1 Å². The zero-order valence-corrected chi connectivity index (χ0v) is 19.6. The highest BCUT2D eigenvalue weighted by Gasteiger charge is 2.48. The van der Waals surface area contributed by atoms with Crippen molar-refractivity contribution in [1.29, 1.82) is 0 Å². The number of hydrogen-bond acceptors (Lipinski definition) is 6. The molecule has 9 heteroatoms. The SMILES string of the molecule is COc1nc2ccc3c(c2c(Cl)c1OCC1CC1)-n1c(cnc1C)C3(O)c1cnc(C)n1C. The molecule has 1 fully saturated rings. The average molecular weight is 466 g/mol. The number of nitrogens with zero attached hydrogens (tertiary/aromatic N) is 5. The van der Waals surface area contributed by atoms with Gasteiger partial charge in [-0.1, -0.05) is 17.7 Å². The van der Waals surface area contributed by atoms with E-state index in [9.17, 15) is 5.11 Å². The molecular formula is C24H24ClN5O3. The number of imidazole rings is 2. The topological polar surface area (TPSA) is 87.2 Å². The van der Waals surface area contributed by atoms with Crippen LogP contribution in [-0.2, 0) is 12.6 Å². The number of pyridine rings is 1. The van der Waals surface area contributed by atoms with Crippen molar-refractivity contribution in [2.24, 2.45) is 13.0 Å². The Balaban J connectivity index is 1.67. The van der Waals surface area contributed by atoms with E-state index in [2.05, 4.69) is 9.97 Å². The second-order valence-electron chi connectivity index (χ2n) is 8.86. The zero-order valence-electron chi connectivity index (χ0n) is 18.9. The maximum absolute atomic E-state index is 12.2. The van der Waals surface area contributed by atoms with Crippen LogP contribution in [0.4, 0.5) is 0 Å². The van der Waals surface area contributed by atoms with Crippen molar-refractivity contribution in [2.75, 3.05) is 13.7 Å². The van der Waals surface area contributed by atoms with Crippen LogP contribution in [0.25, 0.3) is 16.6 Å².